The topological polar surface area (TPSA) is 24.9 Å². The van der Waals surface area contributed by atoms with Gasteiger partial charge in [0, 0.05) is 18.4 Å². The van der Waals surface area contributed by atoms with E-state index < -0.39 is 0 Å². The van der Waals surface area contributed by atoms with Crippen molar-refractivity contribution in [3.05, 3.63) is 30.1 Å². The van der Waals surface area contributed by atoms with Gasteiger partial charge in [0.2, 0.25) is 0 Å². The number of aromatic nitrogens is 1. The Bertz CT molecular complexity index is 297. The molecule has 2 unspecified atom stereocenters. The highest BCUT2D eigenvalue weighted by Crippen LogP contribution is 2.26. The number of nitrogens with one attached hydrogen (secondary N) is 1. The van der Waals surface area contributed by atoms with E-state index in [2.05, 4.69) is 37.1 Å². The molecule has 1 N–H and O–H groups in total. The molecule has 0 radical (unpaired) electrons. The Morgan fingerprint density at radius 3 is 2.67 bits per heavy atom. The van der Waals surface area contributed by atoms with Crippen molar-refractivity contribution in [2.75, 3.05) is 6.54 Å². The summed E-state index contributed by atoms with van der Waals surface area (Å²) in [5.74, 6) is 0.828. The molecule has 18 heavy (non-hydrogen) atoms. The highest BCUT2D eigenvalue weighted by molar-refractivity contribution is 5.13. The molecule has 0 aromatic carbocycles. The SMILES string of the molecule is CCCCC(CC)CC(NCC)c1cccnc1. The van der Waals surface area contributed by atoms with Gasteiger partial charge in [-0.05, 0) is 30.5 Å². The number of pyridine rings is 1. The first-order chi connectivity index (χ1) is 8.81. The molecular weight excluding hydrogens is 220 g/mol. The van der Waals surface area contributed by atoms with Gasteiger partial charge in [-0.15, -0.1) is 0 Å². The highest BCUT2D eigenvalue weighted by Gasteiger charge is 2.16. The maximum atomic E-state index is 4.24. The number of unbranched alkanes of at least 4 members (excludes halogenated alkanes) is 1. The zero-order chi connectivity index (χ0) is 13.2. The van der Waals surface area contributed by atoms with Crippen LogP contribution in [-0.2, 0) is 0 Å². The summed E-state index contributed by atoms with van der Waals surface area (Å²) >= 11 is 0. The van der Waals surface area contributed by atoms with Crippen molar-refractivity contribution in [1.29, 1.82) is 0 Å². The van der Waals surface area contributed by atoms with Gasteiger partial charge in [-0.25, -0.2) is 0 Å². The summed E-state index contributed by atoms with van der Waals surface area (Å²) in [5.41, 5.74) is 1.33. The number of rotatable bonds is 9. The van der Waals surface area contributed by atoms with E-state index >= 15 is 0 Å². The first-order valence-electron chi connectivity index (χ1n) is 7.45. The molecule has 1 rings (SSSR count). The summed E-state index contributed by atoms with van der Waals surface area (Å²) in [6.07, 6.45) is 10.4. The van der Waals surface area contributed by atoms with Crippen LogP contribution < -0.4 is 5.32 Å². The maximum Gasteiger partial charge on any atom is 0.0338 e. The summed E-state index contributed by atoms with van der Waals surface area (Å²) in [4.78, 5) is 4.24. The molecule has 0 spiro atoms. The van der Waals surface area contributed by atoms with Gasteiger partial charge in [-0.3, -0.25) is 4.98 Å². The Kier molecular flexibility index (Phi) is 7.66. The molecule has 0 saturated carbocycles. The molecule has 0 saturated heterocycles. The first-order valence-corrected chi connectivity index (χ1v) is 7.45. The molecule has 0 aliphatic heterocycles. The predicted octanol–water partition coefficient (Wildman–Crippen LogP) is 4.34. The zero-order valence-corrected chi connectivity index (χ0v) is 12.2. The normalized spacial score (nSPS) is 14.4. The van der Waals surface area contributed by atoms with Gasteiger partial charge >= 0.3 is 0 Å². The lowest BCUT2D eigenvalue weighted by Gasteiger charge is -2.23. The Morgan fingerprint density at radius 2 is 2.11 bits per heavy atom. The van der Waals surface area contributed by atoms with Crippen LogP contribution in [0.2, 0.25) is 0 Å². The smallest absolute Gasteiger partial charge is 0.0338 e. The van der Waals surface area contributed by atoms with Crippen LogP contribution in [0.4, 0.5) is 0 Å². The fourth-order valence-corrected chi connectivity index (χ4v) is 2.48. The summed E-state index contributed by atoms with van der Waals surface area (Å²) in [6, 6.07) is 4.69. The van der Waals surface area contributed by atoms with E-state index in [0.717, 1.165) is 12.5 Å². The quantitative estimate of drug-likeness (QED) is 0.703. The molecule has 1 aromatic rings. The van der Waals surface area contributed by atoms with Gasteiger partial charge < -0.3 is 5.32 Å². The van der Waals surface area contributed by atoms with Crippen LogP contribution in [0.25, 0.3) is 0 Å². The zero-order valence-electron chi connectivity index (χ0n) is 12.2. The second kappa shape index (κ2) is 9.09. The number of hydrogen-bond donors (Lipinski definition) is 1. The minimum atomic E-state index is 0.463. The lowest BCUT2D eigenvalue weighted by atomic mass is 9.89. The summed E-state index contributed by atoms with van der Waals surface area (Å²) in [5, 5.41) is 3.60. The van der Waals surface area contributed by atoms with Crippen molar-refractivity contribution >= 4 is 0 Å². The van der Waals surface area contributed by atoms with E-state index in [4.69, 9.17) is 0 Å². The lowest BCUT2D eigenvalue weighted by molar-refractivity contribution is 0.356. The molecule has 0 fully saturated rings. The van der Waals surface area contributed by atoms with Crippen molar-refractivity contribution < 1.29 is 0 Å². The van der Waals surface area contributed by atoms with Gasteiger partial charge in [0.1, 0.15) is 0 Å². The van der Waals surface area contributed by atoms with Crippen molar-refractivity contribution in [2.24, 2.45) is 5.92 Å². The molecule has 0 amide bonds. The Hall–Kier alpha value is -0.890. The molecule has 0 aliphatic rings. The van der Waals surface area contributed by atoms with Gasteiger partial charge in [0.15, 0.2) is 0 Å². The summed E-state index contributed by atoms with van der Waals surface area (Å²) in [7, 11) is 0. The molecule has 1 heterocycles. The van der Waals surface area contributed by atoms with E-state index in [1.165, 1.54) is 37.7 Å². The van der Waals surface area contributed by atoms with Crippen molar-refractivity contribution in [3.63, 3.8) is 0 Å². The third kappa shape index (κ3) is 5.18. The number of hydrogen-bond acceptors (Lipinski definition) is 2. The molecule has 0 aliphatic carbocycles. The average molecular weight is 248 g/mol. The Balaban J connectivity index is 2.61. The first kappa shape index (κ1) is 15.2. The lowest BCUT2D eigenvalue weighted by Crippen LogP contribution is -2.23. The van der Waals surface area contributed by atoms with Crippen molar-refractivity contribution in [2.45, 2.75) is 58.9 Å². The molecule has 1 aromatic heterocycles. The van der Waals surface area contributed by atoms with Gasteiger partial charge in [0.25, 0.3) is 0 Å². The average Bonchev–Trinajstić information content (AvgIpc) is 2.43. The Morgan fingerprint density at radius 1 is 1.28 bits per heavy atom. The van der Waals surface area contributed by atoms with E-state index in [1.54, 1.807) is 0 Å². The monoisotopic (exact) mass is 248 g/mol. The Labute approximate surface area is 112 Å². The standard InChI is InChI=1S/C16H28N2/c1-4-7-9-14(5-2)12-16(18-6-3)15-10-8-11-17-13-15/h8,10-11,13-14,16,18H,4-7,9,12H2,1-3H3. The molecular formula is C16H28N2. The van der Waals surface area contributed by atoms with Crippen LogP contribution in [0.15, 0.2) is 24.5 Å². The van der Waals surface area contributed by atoms with E-state index in [-0.39, 0.29) is 0 Å². The molecule has 102 valence electrons. The minimum absolute atomic E-state index is 0.463. The maximum absolute atomic E-state index is 4.24. The minimum Gasteiger partial charge on any atom is -0.310 e. The molecule has 0 bridgehead atoms. The van der Waals surface area contributed by atoms with Crippen LogP contribution in [-0.4, -0.2) is 11.5 Å². The van der Waals surface area contributed by atoms with Crippen LogP contribution in [0, 0.1) is 5.92 Å². The van der Waals surface area contributed by atoms with Crippen LogP contribution in [0.1, 0.15) is 64.5 Å². The fourth-order valence-electron chi connectivity index (χ4n) is 2.48. The molecule has 2 heteroatoms. The van der Waals surface area contributed by atoms with Crippen LogP contribution in [0.5, 0.6) is 0 Å². The van der Waals surface area contributed by atoms with E-state index in [9.17, 15) is 0 Å². The van der Waals surface area contributed by atoms with Crippen molar-refractivity contribution in [1.82, 2.24) is 10.3 Å². The van der Waals surface area contributed by atoms with Crippen molar-refractivity contribution in [3.8, 4) is 0 Å². The van der Waals surface area contributed by atoms with Gasteiger partial charge in [-0.2, -0.15) is 0 Å². The van der Waals surface area contributed by atoms with E-state index in [1.807, 2.05) is 18.5 Å². The summed E-state index contributed by atoms with van der Waals surface area (Å²) in [6.45, 7) is 7.78. The molecule has 2 atom stereocenters. The number of nitrogens with zero attached hydrogens (tertiary/aromatic N) is 1. The predicted molar refractivity (Wildman–Crippen MR) is 78.6 cm³/mol. The van der Waals surface area contributed by atoms with Gasteiger partial charge in [-0.1, -0.05) is 52.5 Å². The fraction of sp³-hybridized carbons (Fsp3) is 0.688. The summed E-state index contributed by atoms with van der Waals surface area (Å²) < 4.78 is 0. The third-order valence-electron chi connectivity index (χ3n) is 3.65. The third-order valence-corrected chi connectivity index (χ3v) is 3.65. The van der Waals surface area contributed by atoms with Crippen LogP contribution in [0.3, 0.4) is 0 Å². The largest absolute Gasteiger partial charge is 0.310 e. The van der Waals surface area contributed by atoms with E-state index in [0.29, 0.717) is 6.04 Å². The van der Waals surface area contributed by atoms with Crippen LogP contribution >= 0.6 is 0 Å². The second-order valence-electron chi connectivity index (χ2n) is 5.05. The second-order valence-corrected chi connectivity index (χ2v) is 5.05. The van der Waals surface area contributed by atoms with Gasteiger partial charge in [0.05, 0.1) is 0 Å². The molecule has 2 nitrogen and oxygen atoms in total. The highest BCUT2D eigenvalue weighted by atomic mass is 14.9.